The molecular weight excluding hydrogens is 330 g/mol. The van der Waals surface area contributed by atoms with Gasteiger partial charge in [-0.1, -0.05) is 12.1 Å². The Balaban J connectivity index is 1.48. The number of para-hydroxylation sites is 2. The predicted octanol–water partition coefficient (Wildman–Crippen LogP) is 1.05. The smallest absolute Gasteiger partial charge is 0.408 e. The number of aryl methyl sites for hydroxylation is 1. The first kappa shape index (κ1) is 17.2. The molecule has 0 saturated carbocycles. The molecule has 0 aliphatic carbocycles. The minimum Gasteiger partial charge on any atom is -0.408 e. The first-order valence-corrected chi connectivity index (χ1v) is 9.90. The first-order chi connectivity index (χ1) is 11.6. The van der Waals surface area contributed by atoms with Crippen molar-refractivity contribution in [2.24, 2.45) is 0 Å². The van der Waals surface area contributed by atoms with E-state index in [9.17, 15) is 13.2 Å². The Morgan fingerprint density at radius 1 is 1.29 bits per heavy atom. The zero-order chi connectivity index (χ0) is 17.0. The summed E-state index contributed by atoms with van der Waals surface area (Å²) in [5.74, 6) is -0.370. The van der Waals surface area contributed by atoms with Crippen LogP contribution in [0, 0.1) is 0 Å². The van der Waals surface area contributed by atoms with Crippen molar-refractivity contribution in [1.82, 2.24) is 14.6 Å². The Labute approximate surface area is 141 Å². The van der Waals surface area contributed by atoms with E-state index >= 15 is 0 Å². The van der Waals surface area contributed by atoms with Crippen molar-refractivity contribution < 1.29 is 12.8 Å². The summed E-state index contributed by atoms with van der Waals surface area (Å²) in [4.78, 5) is 11.8. The zero-order valence-electron chi connectivity index (χ0n) is 13.5. The van der Waals surface area contributed by atoms with Crippen LogP contribution < -0.4 is 15.8 Å². The molecule has 1 atom stereocenters. The van der Waals surface area contributed by atoms with Gasteiger partial charge >= 0.3 is 5.76 Å². The first-order valence-electron chi connectivity index (χ1n) is 8.35. The van der Waals surface area contributed by atoms with Crippen molar-refractivity contribution in [3.05, 3.63) is 34.8 Å². The number of fused-ring (bicyclic) bond motifs is 1. The highest BCUT2D eigenvalue weighted by Gasteiger charge is 2.26. The van der Waals surface area contributed by atoms with Gasteiger partial charge < -0.3 is 9.73 Å². The molecule has 0 radical (unpaired) electrons. The number of nitrogens with one attached hydrogen (secondary N) is 2. The van der Waals surface area contributed by atoms with Gasteiger partial charge in [-0.3, -0.25) is 4.57 Å². The molecule has 132 valence electrons. The van der Waals surface area contributed by atoms with Gasteiger partial charge in [0.05, 0.1) is 10.8 Å². The number of unbranched alkanes of at least 4 members (excludes halogenated alkanes) is 1. The van der Waals surface area contributed by atoms with Gasteiger partial charge in [0.25, 0.3) is 0 Å². The minimum absolute atomic E-state index is 0.341. The van der Waals surface area contributed by atoms with Crippen molar-refractivity contribution in [2.45, 2.75) is 37.5 Å². The van der Waals surface area contributed by atoms with Crippen LogP contribution in [0.3, 0.4) is 0 Å². The monoisotopic (exact) mass is 353 g/mol. The molecule has 0 amide bonds. The highest BCUT2D eigenvalue weighted by atomic mass is 32.2. The van der Waals surface area contributed by atoms with Crippen LogP contribution in [0.2, 0.25) is 0 Å². The van der Waals surface area contributed by atoms with Gasteiger partial charge in [-0.15, -0.1) is 0 Å². The lowest BCUT2D eigenvalue weighted by Gasteiger charge is -2.23. The maximum atomic E-state index is 12.2. The van der Waals surface area contributed by atoms with E-state index in [0.717, 1.165) is 18.5 Å². The predicted molar refractivity (Wildman–Crippen MR) is 92.5 cm³/mol. The molecule has 1 aliphatic heterocycles. The summed E-state index contributed by atoms with van der Waals surface area (Å²) >= 11 is 0. The third kappa shape index (κ3) is 3.88. The molecule has 1 aromatic carbocycles. The molecule has 1 fully saturated rings. The summed E-state index contributed by atoms with van der Waals surface area (Å²) in [6, 6.07) is 7.29. The molecular formula is C16H23N3O4S. The Bertz CT molecular complexity index is 834. The number of nitrogens with zero attached hydrogens (tertiary/aromatic N) is 1. The van der Waals surface area contributed by atoms with Crippen molar-refractivity contribution in [1.29, 1.82) is 0 Å². The molecule has 2 heterocycles. The van der Waals surface area contributed by atoms with E-state index in [2.05, 4.69) is 10.0 Å². The third-order valence-electron chi connectivity index (χ3n) is 4.38. The average molecular weight is 353 g/mol. The number of hydrogen-bond acceptors (Lipinski definition) is 5. The fraction of sp³-hybridized carbons (Fsp3) is 0.562. The topological polar surface area (TPSA) is 93.3 Å². The zero-order valence-corrected chi connectivity index (χ0v) is 14.3. The lowest BCUT2D eigenvalue weighted by atomic mass is 10.2. The maximum Gasteiger partial charge on any atom is 0.419 e. The molecule has 24 heavy (non-hydrogen) atoms. The number of oxazole rings is 1. The molecule has 1 unspecified atom stereocenters. The van der Waals surface area contributed by atoms with Crippen LogP contribution in [0.5, 0.6) is 0 Å². The van der Waals surface area contributed by atoms with E-state index in [-0.39, 0.29) is 11.0 Å². The Kier molecular flexibility index (Phi) is 5.37. The van der Waals surface area contributed by atoms with Crippen LogP contribution in [0.25, 0.3) is 11.1 Å². The van der Waals surface area contributed by atoms with E-state index < -0.39 is 10.0 Å². The van der Waals surface area contributed by atoms with Crippen LogP contribution in [0.4, 0.5) is 0 Å². The average Bonchev–Trinajstić information content (AvgIpc) is 2.91. The molecule has 8 heteroatoms. The van der Waals surface area contributed by atoms with Crippen LogP contribution >= 0.6 is 0 Å². The Hall–Kier alpha value is -1.64. The van der Waals surface area contributed by atoms with E-state index in [1.165, 1.54) is 0 Å². The standard InChI is InChI=1S/C16H23N3O4S/c20-16-19(14-7-1-2-8-15(14)23-16)11-4-3-10-18-24(21,22)13-6-5-9-17-12-13/h1-2,7-8,13,17-18H,3-6,9-12H2. The van der Waals surface area contributed by atoms with Crippen molar-refractivity contribution in [3.8, 4) is 0 Å². The number of piperidine rings is 1. The third-order valence-corrected chi connectivity index (χ3v) is 6.26. The fourth-order valence-corrected chi connectivity index (χ4v) is 4.52. The van der Waals surface area contributed by atoms with Gasteiger partial charge in [0.15, 0.2) is 5.58 Å². The largest absolute Gasteiger partial charge is 0.419 e. The van der Waals surface area contributed by atoms with E-state index in [0.29, 0.717) is 44.5 Å². The molecule has 2 N–H and O–H groups in total. The van der Waals surface area contributed by atoms with Gasteiger partial charge in [-0.2, -0.15) is 0 Å². The number of hydrogen-bond donors (Lipinski definition) is 2. The van der Waals surface area contributed by atoms with E-state index in [1.54, 1.807) is 10.6 Å². The normalized spacial score (nSPS) is 18.9. The Morgan fingerprint density at radius 3 is 2.92 bits per heavy atom. The second kappa shape index (κ2) is 7.50. The summed E-state index contributed by atoms with van der Waals surface area (Å²) in [6.07, 6.45) is 2.97. The molecule has 3 rings (SSSR count). The van der Waals surface area contributed by atoms with Crippen LogP contribution in [0.15, 0.2) is 33.5 Å². The van der Waals surface area contributed by atoms with E-state index in [1.807, 2.05) is 18.2 Å². The number of aromatic nitrogens is 1. The van der Waals surface area contributed by atoms with Gasteiger partial charge in [0.2, 0.25) is 10.0 Å². The lowest BCUT2D eigenvalue weighted by Crippen LogP contribution is -2.44. The van der Waals surface area contributed by atoms with Crippen LogP contribution in [-0.2, 0) is 16.6 Å². The van der Waals surface area contributed by atoms with E-state index in [4.69, 9.17) is 4.42 Å². The van der Waals surface area contributed by atoms with Crippen molar-refractivity contribution in [3.63, 3.8) is 0 Å². The molecule has 0 bridgehead atoms. The fourth-order valence-electron chi connectivity index (χ4n) is 3.04. The van der Waals surface area contributed by atoms with Gasteiger partial charge in [-0.25, -0.2) is 17.9 Å². The molecule has 1 aliphatic rings. The number of sulfonamides is 1. The van der Waals surface area contributed by atoms with Gasteiger partial charge in [0, 0.05) is 19.6 Å². The number of rotatable bonds is 7. The van der Waals surface area contributed by atoms with Crippen molar-refractivity contribution in [2.75, 3.05) is 19.6 Å². The SMILES string of the molecule is O=c1oc2ccccc2n1CCCCNS(=O)(=O)C1CCCNC1. The van der Waals surface area contributed by atoms with Crippen LogP contribution in [-0.4, -0.2) is 37.9 Å². The summed E-state index contributed by atoms with van der Waals surface area (Å²) in [5, 5.41) is 2.78. The quantitative estimate of drug-likeness (QED) is 0.726. The molecule has 1 aromatic heterocycles. The number of benzene rings is 1. The summed E-state index contributed by atoms with van der Waals surface area (Å²) < 4.78 is 33.8. The lowest BCUT2D eigenvalue weighted by molar-refractivity contribution is 0.482. The van der Waals surface area contributed by atoms with Crippen molar-refractivity contribution >= 4 is 21.1 Å². The molecule has 2 aromatic rings. The molecule has 0 spiro atoms. The minimum atomic E-state index is -3.26. The molecule has 1 saturated heterocycles. The maximum absolute atomic E-state index is 12.2. The van der Waals surface area contributed by atoms with Gasteiger partial charge in [-0.05, 0) is 44.4 Å². The highest BCUT2D eigenvalue weighted by Crippen LogP contribution is 2.13. The second-order valence-electron chi connectivity index (χ2n) is 6.10. The summed E-state index contributed by atoms with van der Waals surface area (Å²) in [6.45, 7) is 2.32. The molecule has 7 nitrogen and oxygen atoms in total. The summed E-state index contributed by atoms with van der Waals surface area (Å²) in [7, 11) is -3.26. The summed E-state index contributed by atoms with van der Waals surface area (Å²) in [5.41, 5.74) is 1.35. The van der Waals surface area contributed by atoms with Gasteiger partial charge in [0.1, 0.15) is 0 Å². The van der Waals surface area contributed by atoms with Crippen LogP contribution in [0.1, 0.15) is 25.7 Å². The second-order valence-corrected chi connectivity index (χ2v) is 8.15. The Morgan fingerprint density at radius 2 is 2.12 bits per heavy atom. The highest BCUT2D eigenvalue weighted by molar-refractivity contribution is 7.90.